The van der Waals surface area contributed by atoms with Crippen molar-refractivity contribution in [2.45, 2.75) is 19.4 Å². The Morgan fingerprint density at radius 1 is 1.44 bits per heavy atom. The molecule has 0 fully saturated rings. The Morgan fingerprint density at radius 2 is 2.19 bits per heavy atom. The Balaban J connectivity index is 2.40. The highest BCUT2D eigenvalue weighted by Gasteiger charge is 2.17. The molecule has 2 rings (SSSR count). The fourth-order valence-corrected chi connectivity index (χ4v) is 1.94. The number of hydrogen-bond donors (Lipinski definition) is 1. The average Bonchev–Trinajstić information content (AvgIpc) is 2.83. The molecule has 2 aromatic rings. The molecule has 2 aromatic heterocycles. The van der Waals surface area contributed by atoms with Gasteiger partial charge in [-0.1, -0.05) is 6.92 Å². The molecular formula is C11H17N5. The third-order valence-electron chi connectivity index (χ3n) is 2.79. The van der Waals surface area contributed by atoms with Gasteiger partial charge in [-0.15, -0.1) is 0 Å². The summed E-state index contributed by atoms with van der Waals surface area (Å²) in [7, 11) is 3.82. The van der Waals surface area contributed by atoms with Gasteiger partial charge >= 0.3 is 0 Å². The molecule has 0 aliphatic carbocycles. The van der Waals surface area contributed by atoms with Crippen LogP contribution in [0.4, 0.5) is 0 Å². The highest BCUT2D eigenvalue weighted by molar-refractivity contribution is 5.28. The van der Waals surface area contributed by atoms with Crippen LogP contribution in [0.2, 0.25) is 0 Å². The first-order chi connectivity index (χ1) is 7.63. The zero-order chi connectivity index (χ0) is 11.7. The fourth-order valence-electron chi connectivity index (χ4n) is 1.94. The maximum absolute atomic E-state index is 6.24. The minimum atomic E-state index is -0.156. The maximum Gasteiger partial charge on any atom is 0.0756 e. The first-order valence-corrected chi connectivity index (χ1v) is 5.39. The molecule has 0 amide bonds. The van der Waals surface area contributed by atoms with Crippen LogP contribution in [0.25, 0.3) is 0 Å². The van der Waals surface area contributed by atoms with Gasteiger partial charge in [-0.05, 0) is 12.5 Å². The second kappa shape index (κ2) is 4.09. The summed E-state index contributed by atoms with van der Waals surface area (Å²) in [5.74, 6) is 0. The average molecular weight is 219 g/mol. The summed E-state index contributed by atoms with van der Waals surface area (Å²) in [5.41, 5.74) is 9.37. The van der Waals surface area contributed by atoms with Crippen LogP contribution in [-0.4, -0.2) is 19.6 Å². The van der Waals surface area contributed by atoms with E-state index in [2.05, 4.69) is 17.1 Å². The summed E-state index contributed by atoms with van der Waals surface area (Å²) >= 11 is 0. The van der Waals surface area contributed by atoms with Crippen LogP contribution in [0.1, 0.15) is 29.9 Å². The molecule has 0 spiro atoms. The number of nitrogens with two attached hydrogens (primary N) is 1. The van der Waals surface area contributed by atoms with E-state index in [-0.39, 0.29) is 6.04 Å². The van der Waals surface area contributed by atoms with E-state index in [0.717, 1.165) is 23.4 Å². The van der Waals surface area contributed by atoms with Gasteiger partial charge in [-0.25, -0.2) is 0 Å². The minimum Gasteiger partial charge on any atom is -0.319 e. The van der Waals surface area contributed by atoms with E-state index in [1.54, 1.807) is 10.9 Å². The number of nitrogens with zero attached hydrogens (tertiary/aromatic N) is 4. The van der Waals surface area contributed by atoms with Crippen molar-refractivity contribution in [3.63, 3.8) is 0 Å². The summed E-state index contributed by atoms with van der Waals surface area (Å²) in [5, 5.41) is 8.53. The molecule has 2 N–H and O–H groups in total. The summed E-state index contributed by atoms with van der Waals surface area (Å²) in [6.07, 6.45) is 4.63. The lowest BCUT2D eigenvalue weighted by atomic mass is 10.0. The van der Waals surface area contributed by atoms with Gasteiger partial charge in [0, 0.05) is 32.1 Å². The first-order valence-electron chi connectivity index (χ1n) is 5.39. The summed E-state index contributed by atoms with van der Waals surface area (Å²) in [6.45, 7) is 2.09. The van der Waals surface area contributed by atoms with Crippen molar-refractivity contribution in [3.8, 4) is 0 Å². The largest absolute Gasteiger partial charge is 0.319 e. The van der Waals surface area contributed by atoms with E-state index < -0.39 is 0 Å². The van der Waals surface area contributed by atoms with Gasteiger partial charge in [0.25, 0.3) is 0 Å². The van der Waals surface area contributed by atoms with Gasteiger partial charge < -0.3 is 5.73 Å². The van der Waals surface area contributed by atoms with E-state index in [1.807, 2.05) is 31.0 Å². The Morgan fingerprint density at radius 3 is 2.75 bits per heavy atom. The van der Waals surface area contributed by atoms with Crippen molar-refractivity contribution < 1.29 is 0 Å². The quantitative estimate of drug-likeness (QED) is 0.829. The Labute approximate surface area is 94.9 Å². The molecule has 0 aromatic carbocycles. The number of hydrogen-bond acceptors (Lipinski definition) is 3. The van der Waals surface area contributed by atoms with E-state index in [0.29, 0.717) is 0 Å². The molecule has 0 saturated carbocycles. The summed E-state index contributed by atoms with van der Waals surface area (Å²) in [6, 6.07) is 1.79. The van der Waals surface area contributed by atoms with Gasteiger partial charge in [0.1, 0.15) is 0 Å². The standard InChI is InChI=1S/C11H17N5/c1-4-9-8(7-15(2)14-9)11(12)10-5-6-13-16(10)3/h5-7,11H,4,12H2,1-3H3. The van der Waals surface area contributed by atoms with Crippen LogP contribution in [-0.2, 0) is 20.5 Å². The molecular weight excluding hydrogens is 202 g/mol. The van der Waals surface area contributed by atoms with Crippen molar-refractivity contribution in [3.05, 3.63) is 35.4 Å². The molecule has 0 aliphatic heterocycles. The highest BCUT2D eigenvalue weighted by Crippen LogP contribution is 2.21. The Kier molecular flexibility index (Phi) is 2.78. The second-order valence-electron chi connectivity index (χ2n) is 3.92. The predicted molar refractivity (Wildman–Crippen MR) is 61.8 cm³/mol. The summed E-state index contributed by atoms with van der Waals surface area (Å²) in [4.78, 5) is 0. The van der Waals surface area contributed by atoms with Crippen LogP contribution in [0.3, 0.4) is 0 Å². The molecule has 86 valence electrons. The molecule has 0 saturated heterocycles. The van der Waals surface area contributed by atoms with Gasteiger partial charge in [0.15, 0.2) is 0 Å². The van der Waals surface area contributed by atoms with Crippen LogP contribution < -0.4 is 5.73 Å². The molecule has 0 bridgehead atoms. The van der Waals surface area contributed by atoms with E-state index >= 15 is 0 Å². The minimum absolute atomic E-state index is 0.156. The summed E-state index contributed by atoms with van der Waals surface area (Å²) < 4.78 is 3.61. The molecule has 0 aliphatic rings. The van der Waals surface area contributed by atoms with Crippen molar-refractivity contribution in [1.82, 2.24) is 19.6 Å². The van der Waals surface area contributed by atoms with E-state index in [9.17, 15) is 0 Å². The van der Waals surface area contributed by atoms with Gasteiger partial charge in [-0.3, -0.25) is 9.36 Å². The zero-order valence-corrected chi connectivity index (χ0v) is 9.88. The second-order valence-corrected chi connectivity index (χ2v) is 3.92. The SMILES string of the molecule is CCc1nn(C)cc1C(N)c1ccnn1C. The number of rotatable bonds is 3. The smallest absolute Gasteiger partial charge is 0.0756 e. The normalized spacial score (nSPS) is 13.0. The topological polar surface area (TPSA) is 61.7 Å². The molecule has 0 radical (unpaired) electrons. The van der Waals surface area contributed by atoms with Gasteiger partial charge in [-0.2, -0.15) is 10.2 Å². The number of aromatic nitrogens is 4. The highest BCUT2D eigenvalue weighted by atomic mass is 15.3. The van der Waals surface area contributed by atoms with E-state index in [1.165, 1.54) is 0 Å². The molecule has 5 nitrogen and oxygen atoms in total. The molecule has 16 heavy (non-hydrogen) atoms. The Bertz CT molecular complexity index is 482. The molecule has 1 unspecified atom stereocenters. The van der Waals surface area contributed by atoms with E-state index in [4.69, 9.17) is 5.73 Å². The lowest BCUT2D eigenvalue weighted by Crippen LogP contribution is -2.16. The number of aryl methyl sites for hydroxylation is 3. The lowest BCUT2D eigenvalue weighted by Gasteiger charge is -2.11. The molecule has 5 heteroatoms. The molecule has 1 atom stereocenters. The maximum atomic E-state index is 6.24. The van der Waals surface area contributed by atoms with Crippen LogP contribution in [0.5, 0.6) is 0 Å². The first kappa shape index (κ1) is 10.9. The third-order valence-corrected chi connectivity index (χ3v) is 2.79. The van der Waals surface area contributed by atoms with Gasteiger partial charge in [0.2, 0.25) is 0 Å². The monoisotopic (exact) mass is 219 g/mol. The Hall–Kier alpha value is -1.62. The van der Waals surface area contributed by atoms with Crippen molar-refractivity contribution >= 4 is 0 Å². The van der Waals surface area contributed by atoms with Crippen molar-refractivity contribution in [2.24, 2.45) is 19.8 Å². The molecule has 2 heterocycles. The lowest BCUT2D eigenvalue weighted by molar-refractivity contribution is 0.670. The van der Waals surface area contributed by atoms with Gasteiger partial charge in [0.05, 0.1) is 17.4 Å². The van der Waals surface area contributed by atoms with Crippen molar-refractivity contribution in [2.75, 3.05) is 0 Å². The zero-order valence-electron chi connectivity index (χ0n) is 9.88. The fraction of sp³-hybridized carbons (Fsp3) is 0.455. The third kappa shape index (κ3) is 1.74. The van der Waals surface area contributed by atoms with Crippen molar-refractivity contribution in [1.29, 1.82) is 0 Å². The van der Waals surface area contributed by atoms with Crippen LogP contribution >= 0.6 is 0 Å². The van der Waals surface area contributed by atoms with Crippen LogP contribution in [0.15, 0.2) is 18.5 Å². The van der Waals surface area contributed by atoms with Crippen LogP contribution in [0, 0.1) is 0 Å². The predicted octanol–water partition coefficient (Wildman–Crippen LogP) is 0.764.